The van der Waals surface area contributed by atoms with Crippen molar-refractivity contribution in [3.63, 3.8) is 0 Å². The number of carbonyl (C=O) groups excluding carboxylic acids is 1. The highest BCUT2D eigenvalue weighted by atomic mass is 19.4. The molecule has 0 aliphatic carbocycles. The molecule has 0 unspecified atom stereocenters. The van der Waals surface area contributed by atoms with E-state index < -0.39 is 28.4 Å². The molecular formula is C24H17F3N4O4. The van der Waals surface area contributed by atoms with Gasteiger partial charge >= 0.3 is 11.9 Å². The third kappa shape index (κ3) is 5.29. The zero-order valence-corrected chi connectivity index (χ0v) is 17.9. The van der Waals surface area contributed by atoms with Gasteiger partial charge in [0.2, 0.25) is 0 Å². The van der Waals surface area contributed by atoms with Crippen LogP contribution in [0.5, 0.6) is 5.75 Å². The molecule has 4 aromatic rings. The van der Waals surface area contributed by atoms with Gasteiger partial charge < -0.3 is 10.1 Å². The normalized spacial score (nSPS) is 11.2. The van der Waals surface area contributed by atoms with Gasteiger partial charge in [0.05, 0.1) is 10.5 Å². The Bertz CT molecular complexity index is 1360. The maximum Gasteiger partial charge on any atom is 0.433 e. The maximum absolute atomic E-state index is 13.5. The number of nitro groups is 1. The number of anilines is 1. The Labute approximate surface area is 196 Å². The van der Waals surface area contributed by atoms with Crippen molar-refractivity contribution in [2.45, 2.75) is 12.8 Å². The van der Waals surface area contributed by atoms with Crippen molar-refractivity contribution in [1.82, 2.24) is 10.2 Å². The quantitative estimate of drug-likeness (QED) is 0.254. The summed E-state index contributed by atoms with van der Waals surface area (Å²) in [5.41, 5.74) is -1.12. The molecule has 0 aliphatic heterocycles. The molecule has 0 atom stereocenters. The number of carbonyl (C=O) groups is 1. The number of hydrogen-bond donors (Lipinski definition) is 2. The molecule has 0 bridgehead atoms. The predicted molar refractivity (Wildman–Crippen MR) is 121 cm³/mol. The van der Waals surface area contributed by atoms with E-state index in [4.69, 9.17) is 4.74 Å². The zero-order valence-electron chi connectivity index (χ0n) is 17.9. The Morgan fingerprint density at radius 2 is 1.69 bits per heavy atom. The lowest BCUT2D eigenvalue weighted by molar-refractivity contribution is -0.386. The van der Waals surface area contributed by atoms with Crippen LogP contribution in [0.1, 0.15) is 21.6 Å². The number of nitrogens with one attached hydrogen (secondary N) is 2. The highest BCUT2D eigenvalue weighted by Gasteiger charge is 2.38. The Hall–Kier alpha value is -4.67. The first-order chi connectivity index (χ1) is 16.7. The number of hydrogen-bond acceptors (Lipinski definition) is 5. The summed E-state index contributed by atoms with van der Waals surface area (Å²) in [4.78, 5) is 23.7. The fourth-order valence-electron chi connectivity index (χ4n) is 3.36. The van der Waals surface area contributed by atoms with Crippen LogP contribution in [0, 0.1) is 10.1 Å². The predicted octanol–water partition coefficient (Wildman–Crippen LogP) is 5.84. The van der Waals surface area contributed by atoms with E-state index >= 15 is 0 Å². The number of halogens is 3. The van der Waals surface area contributed by atoms with E-state index in [-0.39, 0.29) is 34.9 Å². The molecule has 8 nitrogen and oxygen atoms in total. The van der Waals surface area contributed by atoms with Crippen LogP contribution < -0.4 is 10.1 Å². The van der Waals surface area contributed by atoms with E-state index in [1.807, 2.05) is 11.2 Å². The van der Waals surface area contributed by atoms with Crippen LogP contribution in [0.4, 0.5) is 24.7 Å². The van der Waals surface area contributed by atoms with Crippen LogP contribution in [0.2, 0.25) is 0 Å². The van der Waals surface area contributed by atoms with E-state index in [9.17, 15) is 28.1 Å². The van der Waals surface area contributed by atoms with Gasteiger partial charge in [-0.3, -0.25) is 20.0 Å². The zero-order chi connectivity index (χ0) is 25.0. The van der Waals surface area contributed by atoms with E-state index in [0.717, 1.165) is 11.6 Å². The first kappa shape index (κ1) is 23.5. The molecule has 0 saturated carbocycles. The summed E-state index contributed by atoms with van der Waals surface area (Å²) >= 11 is 0. The van der Waals surface area contributed by atoms with Gasteiger partial charge in [-0.05, 0) is 23.3 Å². The van der Waals surface area contributed by atoms with Crippen molar-refractivity contribution in [2.24, 2.45) is 0 Å². The second-order valence-corrected chi connectivity index (χ2v) is 7.35. The number of nitro benzene ring substituents is 1. The topological polar surface area (TPSA) is 110 Å². The highest BCUT2D eigenvalue weighted by Crippen LogP contribution is 2.39. The third-order valence-corrected chi connectivity index (χ3v) is 5.00. The molecule has 0 radical (unpaired) electrons. The van der Waals surface area contributed by atoms with Crippen molar-refractivity contribution in [3.8, 4) is 16.9 Å². The van der Waals surface area contributed by atoms with Crippen molar-refractivity contribution in [1.29, 1.82) is 0 Å². The Kier molecular flexibility index (Phi) is 6.49. The van der Waals surface area contributed by atoms with Gasteiger partial charge in [0.15, 0.2) is 11.6 Å². The van der Waals surface area contributed by atoms with Crippen LogP contribution >= 0.6 is 0 Å². The summed E-state index contributed by atoms with van der Waals surface area (Å²) in [5, 5.41) is 19.4. The molecule has 2 N–H and O–H groups in total. The second-order valence-electron chi connectivity index (χ2n) is 7.35. The number of H-pyrrole nitrogens is 1. The molecule has 0 saturated heterocycles. The highest BCUT2D eigenvalue weighted by molar-refractivity contribution is 6.06. The number of amides is 1. The number of alkyl halides is 3. The van der Waals surface area contributed by atoms with Crippen LogP contribution in [-0.2, 0) is 12.8 Å². The lowest BCUT2D eigenvalue weighted by Crippen LogP contribution is -2.14. The fourth-order valence-corrected chi connectivity index (χ4v) is 3.36. The molecule has 0 spiro atoms. The minimum atomic E-state index is -4.75. The molecule has 0 aliphatic rings. The van der Waals surface area contributed by atoms with Gasteiger partial charge in [-0.25, -0.2) is 0 Å². The van der Waals surface area contributed by atoms with Crippen molar-refractivity contribution in [3.05, 3.63) is 106 Å². The number of ether oxygens (including phenoxy) is 1. The standard InChI is InChI=1S/C24H17F3N4O4/c25-24(26,27)21-20(16-9-5-2-6-10-16)22(30-29-21)28-23(32)17-11-12-19(18(13-17)31(33)34)35-14-15-7-3-1-4-8-15/h1-13H,14H2,(H2,28,29,30,32). The maximum atomic E-state index is 13.5. The van der Waals surface area contributed by atoms with E-state index in [2.05, 4.69) is 10.4 Å². The SMILES string of the molecule is O=C(Nc1n[nH]c(C(F)(F)F)c1-c1ccccc1)c1ccc(OCc2ccccc2)c([N+](=O)[O-])c1. The lowest BCUT2D eigenvalue weighted by atomic mass is 10.0. The minimum absolute atomic E-state index is 0.0560. The van der Waals surface area contributed by atoms with Gasteiger partial charge in [-0.15, -0.1) is 0 Å². The lowest BCUT2D eigenvalue weighted by Gasteiger charge is -2.11. The molecular weight excluding hydrogens is 465 g/mol. The molecule has 1 heterocycles. The number of rotatable bonds is 7. The smallest absolute Gasteiger partial charge is 0.433 e. The number of benzene rings is 3. The summed E-state index contributed by atoms with van der Waals surface area (Å²) in [6.45, 7) is 0.0706. The monoisotopic (exact) mass is 482 g/mol. The molecule has 4 rings (SSSR count). The molecule has 0 fully saturated rings. The average Bonchev–Trinajstić information content (AvgIpc) is 3.28. The minimum Gasteiger partial charge on any atom is -0.482 e. The van der Waals surface area contributed by atoms with E-state index in [1.165, 1.54) is 24.3 Å². The van der Waals surface area contributed by atoms with Crippen molar-refractivity contribution < 1.29 is 27.6 Å². The van der Waals surface area contributed by atoms with Crippen LogP contribution in [0.3, 0.4) is 0 Å². The number of aromatic amines is 1. The molecule has 35 heavy (non-hydrogen) atoms. The van der Waals surface area contributed by atoms with Crippen molar-refractivity contribution >= 4 is 17.4 Å². The van der Waals surface area contributed by atoms with Gasteiger partial charge in [0, 0.05) is 11.6 Å². The van der Waals surface area contributed by atoms with Crippen molar-refractivity contribution in [2.75, 3.05) is 5.32 Å². The van der Waals surface area contributed by atoms with Crippen LogP contribution in [0.25, 0.3) is 11.1 Å². The summed E-state index contributed by atoms with van der Waals surface area (Å²) in [5.74, 6) is -1.29. The van der Waals surface area contributed by atoms with E-state index in [0.29, 0.717) is 0 Å². The molecule has 1 aromatic heterocycles. The second kappa shape index (κ2) is 9.67. The Balaban J connectivity index is 1.61. The summed E-state index contributed by atoms with van der Waals surface area (Å²) in [7, 11) is 0. The molecule has 178 valence electrons. The molecule has 11 heteroatoms. The summed E-state index contributed by atoms with van der Waals surface area (Å²) in [6, 6.07) is 20.1. The van der Waals surface area contributed by atoms with Gasteiger partial charge in [0.25, 0.3) is 5.91 Å². The van der Waals surface area contributed by atoms with Gasteiger partial charge in [-0.1, -0.05) is 60.7 Å². The first-order valence-electron chi connectivity index (χ1n) is 10.2. The van der Waals surface area contributed by atoms with Gasteiger partial charge in [-0.2, -0.15) is 18.3 Å². The van der Waals surface area contributed by atoms with E-state index in [1.54, 1.807) is 42.5 Å². The largest absolute Gasteiger partial charge is 0.482 e. The van der Waals surface area contributed by atoms with Gasteiger partial charge in [0.1, 0.15) is 12.3 Å². The fraction of sp³-hybridized carbons (Fsp3) is 0.0833. The van der Waals surface area contributed by atoms with Crippen LogP contribution in [-0.4, -0.2) is 21.0 Å². The number of nitrogens with zero attached hydrogens (tertiary/aromatic N) is 2. The Morgan fingerprint density at radius 3 is 2.31 bits per heavy atom. The average molecular weight is 482 g/mol. The third-order valence-electron chi connectivity index (χ3n) is 5.00. The molecule has 3 aromatic carbocycles. The van der Waals surface area contributed by atoms with Crippen LogP contribution in [0.15, 0.2) is 78.9 Å². The Morgan fingerprint density at radius 1 is 1.03 bits per heavy atom. The number of aromatic nitrogens is 2. The first-order valence-corrected chi connectivity index (χ1v) is 10.2. The summed E-state index contributed by atoms with van der Waals surface area (Å²) < 4.78 is 46.1. The molecule has 1 amide bonds. The summed E-state index contributed by atoms with van der Waals surface area (Å²) in [6.07, 6.45) is -4.75.